The van der Waals surface area contributed by atoms with Crippen LogP contribution in [0.2, 0.25) is 5.02 Å². The highest BCUT2D eigenvalue weighted by atomic mass is 35.5. The van der Waals surface area contributed by atoms with Crippen LogP contribution in [0.5, 0.6) is 0 Å². The van der Waals surface area contributed by atoms with Gasteiger partial charge in [-0.25, -0.2) is 4.68 Å². The quantitative estimate of drug-likeness (QED) is 0.780. The van der Waals surface area contributed by atoms with Gasteiger partial charge in [-0.15, -0.1) is 5.10 Å². The molecule has 0 saturated carbocycles. The summed E-state index contributed by atoms with van der Waals surface area (Å²) in [6, 6.07) is 13.1. The molecule has 1 aromatic heterocycles. The van der Waals surface area contributed by atoms with Gasteiger partial charge in [-0.3, -0.25) is 0 Å². The minimum Gasteiger partial charge on any atom is -0.389 e. The van der Waals surface area contributed by atoms with Gasteiger partial charge in [0.25, 0.3) is 0 Å². The summed E-state index contributed by atoms with van der Waals surface area (Å²) in [5.41, 5.74) is 3.24. The average Bonchev–Trinajstić information content (AvgIpc) is 2.82. The third-order valence-corrected chi connectivity index (χ3v) is 3.34. The Bertz CT molecular complexity index is 736. The van der Waals surface area contributed by atoms with Crippen molar-refractivity contribution in [2.24, 2.45) is 0 Å². The second kappa shape index (κ2) is 4.64. The van der Waals surface area contributed by atoms with Crippen LogP contribution in [0.15, 0.2) is 42.5 Å². The van der Waals surface area contributed by atoms with Gasteiger partial charge in [-0.2, -0.15) is 0 Å². The van der Waals surface area contributed by atoms with E-state index in [9.17, 15) is 5.11 Å². The van der Waals surface area contributed by atoms with Crippen molar-refractivity contribution >= 4 is 22.6 Å². The third-order valence-electron chi connectivity index (χ3n) is 3.03. The number of aliphatic hydroxyl groups excluding tert-OH is 1. The van der Waals surface area contributed by atoms with E-state index in [4.69, 9.17) is 11.6 Å². The van der Waals surface area contributed by atoms with E-state index in [1.807, 2.05) is 36.4 Å². The summed E-state index contributed by atoms with van der Waals surface area (Å²) in [6.45, 7) is 1.70. The van der Waals surface area contributed by atoms with Crippen molar-refractivity contribution in [1.29, 1.82) is 0 Å². The summed E-state index contributed by atoms with van der Waals surface area (Å²) in [7, 11) is 0. The number of aromatic nitrogens is 3. The Morgan fingerprint density at radius 2 is 2.00 bits per heavy atom. The molecule has 19 heavy (non-hydrogen) atoms. The molecule has 4 nitrogen and oxygen atoms in total. The second-order valence-electron chi connectivity index (χ2n) is 4.38. The second-order valence-corrected chi connectivity index (χ2v) is 4.78. The number of para-hydroxylation sites is 1. The van der Waals surface area contributed by atoms with Crippen LogP contribution in [0, 0.1) is 0 Å². The molecule has 1 heterocycles. The maximum Gasteiger partial charge on any atom is 0.113 e. The standard InChI is InChI=1S/C14H12ClN3O/c1-9(19)10-6-7-13(11(15)8-10)18-14-5-3-2-4-12(14)16-17-18/h2-9,19H,1H3/t9-/m0/s1. The van der Waals surface area contributed by atoms with Crippen molar-refractivity contribution in [3.05, 3.63) is 53.1 Å². The number of aliphatic hydroxyl groups is 1. The zero-order chi connectivity index (χ0) is 13.4. The van der Waals surface area contributed by atoms with Crippen molar-refractivity contribution in [3.63, 3.8) is 0 Å². The Morgan fingerprint density at radius 3 is 2.74 bits per heavy atom. The van der Waals surface area contributed by atoms with E-state index in [2.05, 4.69) is 10.3 Å². The lowest BCUT2D eigenvalue weighted by molar-refractivity contribution is 0.199. The minimum absolute atomic E-state index is 0.536. The predicted octanol–water partition coefficient (Wildman–Crippen LogP) is 3.13. The third kappa shape index (κ3) is 2.09. The molecule has 0 bridgehead atoms. The van der Waals surface area contributed by atoms with Gasteiger partial charge in [0.15, 0.2) is 0 Å². The molecule has 0 aliphatic heterocycles. The SMILES string of the molecule is C[C@H](O)c1ccc(-n2nnc3ccccc32)c(Cl)c1. The number of hydrogen-bond acceptors (Lipinski definition) is 3. The Kier molecular flexibility index (Phi) is 2.97. The van der Waals surface area contributed by atoms with Crippen LogP contribution in [0.1, 0.15) is 18.6 Å². The number of hydrogen-bond donors (Lipinski definition) is 1. The van der Waals surface area contributed by atoms with E-state index < -0.39 is 6.10 Å². The number of nitrogens with zero attached hydrogens (tertiary/aromatic N) is 3. The van der Waals surface area contributed by atoms with Crippen molar-refractivity contribution < 1.29 is 5.11 Å². The Labute approximate surface area is 115 Å². The summed E-state index contributed by atoms with van der Waals surface area (Å²) >= 11 is 6.27. The van der Waals surface area contributed by atoms with Crippen molar-refractivity contribution in [3.8, 4) is 5.69 Å². The van der Waals surface area contributed by atoms with Gasteiger partial charge in [0.2, 0.25) is 0 Å². The molecule has 1 atom stereocenters. The molecule has 0 fully saturated rings. The molecule has 0 amide bonds. The van der Waals surface area contributed by atoms with E-state index in [1.165, 1.54) is 0 Å². The molecule has 3 rings (SSSR count). The van der Waals surface area contributed by atoms with Crippen LogP contribution in [-0.4, -0.2) is 20.1 Å². The van der Waals surface area contributed by atoms with Gasteiger partial charge in [0.05, 0.1) is 22.3 Å². The predicted molar refractivity (Wildman–Crippen MR) is 74.5 cm³/mol. The lowest BCUT2D eigenvalue weighted by Crippen LogP contribution is -1.99. The Balaban J connectivity index is 2.17. The Morgan fingerprint density at radius 1 is 1.21 bits per heavy atom. The van der Waals surface area contributed by atoms with Gasteiger partial charge in [0, 0.05) is 0 Å². The number of halogens is 1. The van der Waals surface area contributed by atoms with Crippen LogP contribution < -0.4 is 0 Å². The molecule has 3 aromatic rings. The lowest BCUT2D eigenvalue weighted by Gasteiger charge is -2.09. The fourth-order valence-electron chi connectivity index (χ4n) is 2.00. The first-order valence-electron chi connectivity index (χ1n) is 5.95. The number of fused-ring (bicyclic) bond motifs is 1. The molecule has 0 unspecified atom stereocenters. The zero-order valence-electron chi connectivity index (χ0n) is 10.3. The Hall–Kier alpha value is -1.91. The maximum absolute atomic E-state index is 9.55. The highest BCUT2D eigenvalue weighted by molar-refractivity contribution is 6.32. The van der Waals surface area contributed by atoms with E-state index in [0.29, 0.717) is 5.02 Å². The molecule has 2 aromatic carbocycles. The van der Waals surface area contributed by atoms with Crippen LogP contribution in [0.25, 0.3) is 16.7 Å². The number of benzene rings is 2. The van der Waals surface area contributed by atoms with Crippen LogP contribution in [0.3, 0.4) is 0 Å². The van der Waals surface area contributed by atoms with E-state index in [1.54, 1.807) is 17.7 Å². The molecule has 0 aliphatic carbocycles. The number of rotatable bonds is 2. The fraction of sp³-hybridized carbons (Fsp3) is 0.143. The molecular formula is C14H12ClN3O. The molecule has 0 radical (unpaired) electrons. The largest absolute Gasteiger partial charge is 0.389 e. The van der Waals surface area contributed by atoms with Gasteiger partial charge >= 0.3 is 0 Å². The molecule has 0 aliphatic rings. The molecule has 0 spiro atoms. The first kappa shape index (κ1) is 12.1. The topological polar surface area (TPSA) is 50.9 Å². The summed E-state index contributed by atoms with van der Waals surface area (Å²) in [5, 5.41) is 18.3. The molecule has 1 N–H and O–H groups in total. The summed E-state index contributed by atoms with van der Waals surface area (Å²) in [5.74, 6) is 0. The summed E-state index contributed by atoms with van der Waals surface area (Å²) in [4.78, 5) is 0. The smallest absolute Gasteiger partial charge is 0.113 e. The van der Waals surface area contributed by atoms with Crippen molar-refractivity contribution in [1.82, 2.24) is 15.0 Å². The summed E-state index contributed by atoms with van der Waals surface area (Å²) in [6.07, 6.45) is -0.543. The van der Waals surface area contributed by atoms with Crippen LogP contribution in [-0.2, 0) is 0 Å². The average molecular weight is 274 g/mol. The maximum atomic E-state index is 9.55. The first-order valence-corrected chi connectivity index (χ1v) is 6.33. The molecular weight excluding hydrogens is 262 g/mol. The minimum atomic E-state index is -0.543. The van der Waals surface area contributed by atoms with Gasteiger partial charge in [0.1, 0.15) is 5.52 Å². The first-order chi connectivity index (χ1) is 9.16. The van der Waals surface area contributed by atoms with E-state index in [0.717, 1.165) is 22.3 Å². The van der Waals surface area contributed by atoms with Crippen LogP contribution in [0.4, 0.5) is 0 Å². The molecule has 96 valence electrons. The van der Waals surface area contributed by atoms with E-state index in [-0.39, 0.29) is 0 Å². The van der Waals surface area contributed by atoms with Gasteiger partial charge in [-0.05, 0) is 36.8 Å². The van der Waals surface area contributed by atoms with Crippen LogP contribution >= 0.6 is 11.6 Å². The lowest BCUT2D eigenvalue weighted by atomic mass is 10.1. The molecule has 5 heteroatoms. The highest BCUT2D eigenvalue weighted by Gasteiger charge is 2.11. The normalized spacial score (nSPS) is 12.8. The monoisotopic (exact) mass is 273 g/mol. The zero-order valence-corrected chi connectivity index (χ0v) is 11.0. The van der Waals surface area contributed by atoms with Crippen molar-refractivity contribution in [2.75, 3.05) is 0 Å². The highest BCUT2D eigenvalue weighted by Crippen LogP contribution is 2.26. The fourth-order valence-corrected chi connectivity index (χ4v) is 2.27. The van der Waals surface area contributed by atoms with Crippen molar-refractivity contribution in [2.45, 2.75) is 13.0 Å². The molecule has 0 saturated heterocycles. The van der Waals surface area contributed by atoms with E-state index >= 15 is 0 Å². The summed E-state index contributed by atoms with van der Waals surface area (Å²) < 4.78 is 1.70. The van der Waals surface area contributed by atoms with Gasteiger partial charge in [-0.1, -0.05) is 35.0 Å². The van der Waals surface area contributed by atoms with Gasteiger partial charge < -0.3 is 5.11 Å².